The SMILES string of the molecule is CC(=O)C(Br)c1cc(CO)ccc1I. The van der Waals surface area contributed by atoms with Gasteiger partial charge in [0.2, 0.25) is 0 Å². The molecule has 1 unspecified atom stereocenters. The van der Waals surface area contributed by atoms with Crippen molar-refractivity contribution in [1.82, 2.24) is 0 Å². The molecular weight excluding hydrogens is 359 g/mol. The van der Waals surface area contributed by atoms with Gasteiger partial charge in [0.15, 0.2) is 0 Å². The van der Waals surface area contributed by atoms with Crippen molar-refractivity contribution in [3.63, 3.8) is 0 Å². The van der Waals surface area contributed by atoms with Crippen molar-refractivity contribution < 1.29 is 9.90 Å². The molecule has 0 saturated heterocycles. The van der Waals surface area contributed by atoms with Crippen LogP contribution < -0.4 is 0 Å². The Balaban J connectivity index is 3.11. The maximum absolute atomic E-state index is 11.2. The van der Waals surface area contributed by atoms with E-state index in [1.165, 1.54) is 0 Å². The Labute approximate surface area is 105 Å². The molecular formula is C10H10BrIO2. The largest absolute Gasteiger partial charge is 0.392 e. The van der Waals surface area contributed by atoms with Gasteiger partial charge in [-0.15, -0.1) is 0 Å². The molecule has 4 heteroatoms. The van der Waals surface area contributed by atoms with E-state index in [0.29, 0.717) is 0 Å². The molecule has 0 aliphatic heterocycles. The normalized spacial score (nSPS) is 12.6. The molecule has 0 saturated carbocycles. The van der Waals surface area contributed by atoms with Crippen molar-refractivity contribution >= 4 is 44.3 Å². The monoisotopic (exact) mass is 368 g/mol. The average molecular weight is 369 g/mol. The van der Waals surface area contributed by atoms with Crippen molar-refractivity contribution in [2.45, 2.75) is 18.4 Å². The van der Waals surface area contributed by atoms with Gasteiger partial charge in [0, 0.05) is 3.57 Å². The molecule has 1 atom stereocenters. The lowest BCUT2D eigenvalue weighted by Gasteiger charge is -2.10. The van der Waals surface area contributed by atoms with Crippen molar-refractivity contribution in [2.24, 2.45) is 0 Å². The van der Waals surface area contributed by atoms with Crippen molar-refractivity contribution in [2.75, 3.05) is 0 Å². The summed E-state index contributed by atoms with van der Waals surface area (Å²) in [6.07, 6.45) is 0. The number of rotatable bonds is 3. The van der Waals surface area contributed by atoms with Gasteiger partial charge in [-0.3, -0.25) is 4.79 Å². The predicted molar refractivity (Wildman–Crippen MR) is 67.4 cm³/mol. The van der Waals surface area contributed by atoms with Gasteiger partial charge in [-0.25, -0.2) is 0 Å². The minimum absolute atomic E-state index is 0.00153. The topological polar surface area (TPSA) is 37.3 Å². The highest BCUT2D eigenvalue weighted by Crippen LogP contribution is 2.28. The number of halogens is 2. The highest BCUT2D eigenvalue weighted by atomic mass is 127. The molecule has 0 aliphatic rings. The van der Waals surface area contributed by atoms with Gasteiger partial charge in [-0.05, 0) is 46.7 Å². The Morgan fingerprint density at radius 3 is 2.79 bits per heavy atom. The van der Waals surface area contributed by atoms with Crippen LogP contribution in [0.25, 0.3) is 0 Å². The van der Waals surface area contributed by atoms with E-state index in [1.54, 1.807) is 6.92 Å². The Hall–Kier alpha value is 0.0600. The summed E-state index contributed by atoms with van der Waals surface area (Å²) >= 11 is 5.51. The fourth-order valence-electron chi connectivity index (χ4n) is 1.10. The van der Waals surface area contributed by atoms with Crippen molar-refractivity contribution in [1.29, 1.82) is 0 Å². The quantitative estimate of drug-likeness (QED) is 0.658. The number of alkyl halides is 1. The van der Waals surface area contributed by atoms with Gasteiger partial charge < -0.3 is 5.11 Å². The van der Waals surface area contributed by atoms with E-state index in [2.05, 4.69) is 38.5 Å². The van der Waals surface area contributed by atoms with Crippen LogP contribution in [0.4, 0.5) is 0 Å². The Morgan fingerprint density at radius 1 is 1.64 bits per heavy atom. The number of aliphatic hydroxyl groups is 1. The van der Waals surface area contributed by atoms with Crippen molar-refractivity contribution in [3.05, 3.63) is 32.9 Å². The number of ketones is 1. The molecule has 1 aromatic rings. The number of hydrogen-bond acceptors (Lipinski definition) is 2. The van der Waals surface area contributed by atoms with E-state index >= 15 is 0 Å². The summed E-state index contributed by atoms with van der Waals surface area (Å²) in [5.74, 6) is 0.0676. The van der Waals surface area contributed by atoms with E-state index in [4.69, 9.17) is 5.11 Å². The van der Waals surface area contributed by atoms with Gasteiger partial charge in [-0.2, -0.15) is 0 Å². The van der Waals surface area contributed by atoms with Gasteiger partial charge in [-0.1, -0.05) is 28.1 Å². The molecule has 1 rings (SSSR count). The molecule has 76 valence electrons. The number of benzene rings is 1. The maximum Gasteiger partial charge on any atom is 0.147 e. The zero-order chi connectivity index (χ0) is 10.7. The molecule has 0 aliphatic carbocycles. The average Bonchev–Trinajstić information content (AvgIpc) is 2.17. The van der Waals surface area contributed by atoms with E-state index in [-0.39, 0.29) is 17.2 Å². The van der Waals surface area contributed by atoms with Crippen LogP contribution in [0.3, 0.4) is 0 Å². The highest BCUT2D eigenvalue weighted by Gasteiger charge is 2.15. The third kappa shape index (κ3) is 2.77. The minimum atomic E-state index is -0.277. The third-order valence-corrected chi connectivity index (χ3v) is 3.99. The molecule has 0 heterocycles. The van der Waals surface area contributed by atoms with Crippen LogP contribution >= 0.6 is 38.5 Å². The van der Waals surface area contributed by atoms with Crippen LogP contribution in [0, 0.1) is 3.57 Å². The molecule has 2 nitrogen and oxygen atoms in total. The molecule has 0 fully saturated rings. The van der Waals surface area contributed by atoms with Crippen LogP contribution in [0.2, 0.25) is 0 Å². The van der Waals surface area contributed by atoms with Crippen LogP contribution in [0.5, 0.6) is 0 Å². The third-order valence-electron chi connectivity index (χ3n) is 1.87. The lowest BCUT2D eigenvalue weighted by Crippen LogP contribution is -2.04. The first-order valence-electron chi connectivity index (χ1n) is 4.10. The molecule has 1 N–H and O–H groups in total. The smallest absolute Gasteiger partial charge is 0.147 e. The zero-order valence-corrected chi connectivity index (χ0v) is 11.4. The lowest BCUT2D eigenvalue weighted by molar-refractivity contribution is -0.116. The number of Topliss-reactive ketones (excluding diaryl/α,β-unsaturated/α-hetero) is 1. The molecule has 0 amide bonds. The Bertz CT molecular complexity index is 352. The number of carbonyl (C=O) groups is 1. The van der Waals surface area contributed by atoms with E-state index in [0.717, 1.165) is 14.7 Å². The second kappa shape index (κ2) is 5.23. The summed E-state index contributed by atoms with van der Waals surface area (Å²) in [6, 6.07) is 5.60. The predicted octanol–water partition coefficient (Wildman–Crippen LogP) is 2.81. The van der Waals surface area contributed by atoms with Gasteiger partial charge in [0.25, 0.3) is 0 Å². The standard InChI is InChI=1S/C10H10BrIO2/c1-6(14)10(11)8-4-7(5-13)2-3-9(8)12/h2-4,10,13H,5H2,1H3. The van der Waals surface area contributed by atoms with Gasteiger partial charge >= 0.3 is 0 Å². The first kappa shape index (κ1) is 12.1. The lowest BCUT2D eigenvalue weighted by atomic mass is 10.1. The number of carbonyl (C=O) groups excluding carboxylic acids is 1. The zero-order valence-electron chi connectivity index (χ0n) is 7.63. The van der Waals surface area contributed by atoms with E-state index in [9.17, 15) is 4.79 Å². The van der Waals surface area contributed by atoms with Crippen LogP contribution in [-0.4, -0.2) is 10.9 Å². The maximum atomic E-state index is 11.2. The number of aliphatic hydroxyl groups excluding tert-OH is 1. The van der Waals surface area contributed by atoms with Crippen LogP contribution in [0.1, 0.15) is 22.9 Å². The van der Waals surface area contributed by atoms with Crippen molar-refractivity contribution in [3.8, 4) is 0 Å². The van der Waals surface area contributed by atoms with Gasteiger partial charge in [0.1, 0.15) is 5.78 Å². The van der Waals surface area contributed by atoms with Crippen LogP contribution in [-0.2, 0) is 11.4 Å². The summed E-state index contributed by atoms with van der Waals surface area (Å²) in [5.41, 5.74) is 1.75. The fraction of sp³-hybridized carbons (Fsp3) is 0.300. The summed E-state index contributed by atoms with van der Waals surface area (Å²) in [7, 11) is 0. The van der Waals surface area contributed by atoms with Crippen LogP contribution in [0.15, 0.2) is 18.2 Å². The van der Waals surface area contributed by atoms with E-state index in [1.807, 2.05) is 18.2 Å². The molecule has 0 bridgehead atoms. The fourth-order valence-corrected chi connectivity index (χ4v) is 2.56. The summed E-state index contributed by atoms with van der Waals surface area (Å²) in [4.78, 5) is 10.9. The summed E-state index contributed by atoms with van der Waals surface area (Å²) in [6.45, 7) is 1.54. The molecule has 0 spiro atoms. The molecule has 0 aromatic heterocycles. The molecule has 1 aromatic carbocycles. The Morgan fingerprint density at radius 2 is 2.29 bits per heavy atom. The first-order chi connectivity index (χ1) is 6.56. The minimum Gasteiger partial charge on any atom is -0.392 e. The first-order valence-corrected chi connectivity index (χ1v) is 6.09. The summed E-state index contributed by atoms with van der Waals surface area (Å²) in [5, 5.41) is 8.97. The number of hydrogen-bond donors (Lipinski definition) is 1. The summed E-state index contributed by atoms with van der Waals surface area (Å²) < 4.78 is 1.02. The second-order valence-corrected chi connectivity index (χ2v) is 5.07. The molecule has 14 heavy (non-hydrogen) atoms. The highest BCUT2D eigenvalue weighted by molar-refractivity contribution is 14.1. The molecule has 0 radical (unpaired) electrons. The van der Waals surface area contributed by atoms with E-state index < -0.39 is 0 Å². The second-order valence-electron chi connectivity index (χ2n) is 2.99. The van der Waals surface area contributed by atoms with Gasteiger partial charge in [0.05, 0.1) is 11.4 Å². The Kier molecular flexibility index (Phi) is 4.53.